The fourth-order valence-corrected chi connectivity index (χ4v) is 4.29. The van der Waals surface area contributed by atoms with Crippen LogP contribution >= 0.6 is 23.2 Å². The van der Waals surface area contributed by atoms with E-state index in [-0.39, 0.29) is 33.9 Å². The maximum absolute atomic E-state index is 14.2. The van der Waals surface area contributed by atoms with E-state index in [2.05, 4.69) is 44.0 Å². The number of nitriles is 1. The number of nitrogens with zero attached hydrogens (tertiary/aromatic N) is 1. The Kier molecular flexibility index (Phi) is 15.6. The van der Waals surface area contributed by atoms with E-state index in [0.717, 1.165) is 0 Å². The number of nitrogens with two attached hydrogens (primary N) is 1. The minimum Gasteiger partial charge on any atom is -0.495 e. The molecule has 9 heteroatoms. The molecule has 0 bridgehead atoms. The third kappa shape index (κ3) is 12.5. The van der Waals surface area contributed by atoms with Crippen molar-refractivity contribution >= 4 is 34.7 Å². The first-order valence-electron chi connectivity index (χ1n) is 13.1. The van der Waals surface area contributed by atoms with Crippen LogP contribution < -0.4 is 15.8 Å². The molecule has 224 valence electrons. The fraction of sp³-hybridized carbons (Fsp3) is 0.333. The van der Waals surface area contributed by atoms with E-state index in [0.29, 0.717) is 40.6 Å². The van der Waals surface area contributed by atoms with Crippen LogP contribution in [-0.4, -0.2) is 26.5 Å². The van der Waals surface area contributed by atoms with Gasteiger partial charge in [0.15, 0.2) is 0 Å². The molecule has 3 aromatic rings. The van der Waals surface area contributed by atoms with Crippen molar-refractivity contribution in [3.05, 3.63) is 93.5 Å². The summed E-state index contributed by atoms with van der Waals surface area (Å²) in [6.07, 6.45) is 0.710. The number of hydrogen-bond donors (Lipinski definition) is 2. The minimum absolute atomic E-state index is 0.0153. The zero-order valence-electron chi connectivity index (χ0n) is 24.7. The van der Waals surface area contributed by atoms with Crippen molar-refractivity contribution in [3.63, 3.8) is 0 Å². The standard InChI is InChI=1S/C16H22ClFN2.C11H11NO2.C6H4ClF/c1-16(2,3)8-11(9-19)13(10-20-4)12-6-5-7-14(17)15(12)18;1-3-4-10(13)8-5-6-9(12)11(7-8)14-2;7-5-2-1-3-6(8)4-5/h5-7,11,13,20H,8,10H2,1-4H3;5-7H,12H2,1-2H3;1-4H. The molecule has 42 heavy (non-hydrogen) atoms. The lowest BCUT2D eigenvalue weighted by atomic mass is 9.76. The molecule has 0 aromatic heterocycles. The van der Waals surface area contributed by atoms with E-state index in [9.17, 15) is 18.8 Å². The Morgan fingerprint density at radius 1 is 1.10 bits per heavy atom. The van der Waals surface area contributed by atoms with Gasteiger partial charge in [-0.1, -0.05) is 68.1 Å². The second-order valence-corrected chi connectivity index (χ2v) is 11.3. The van der Waals surface area contributed by atoms with Crippen LogP contribution in [0, 0.1) is 46.1 Å². The van der Waals surface area contributed by atoms with Gasteiger partial charge in [0, 0.05) is 23.0 Å². The number of ether oxygens (including phenoxy) is 1. The van der Waals surface area contributed by atoms with Gasteiger partial charge in [-0.2, -0.15) is 5.26 Å². The van der Waals surface area contributed by atoms with Gasteiger partial charge in [0.2, 0.25) is 5.78 Å². The highest BCUT2D eigenvalue weighted by Gasteiger charge is 2.29. The second kappa shape index (κ2) is 18.0. The molecular weight excluding hydrogens is 579 g/mol. The maximum Gasteiger partial charge on any atom is 0.236 e. The summed E-state index contributed by atoms with van der Waals surface area (Å²) in [5.41, 5.74) is 7.13. The molecule has 3 N–H and O–H groups in total. The molecule has 0 radical (unpaired) electrons. The lowest BCUT2D eigenvalue weighted by Gasteiger charge is -2.28. The number of halogens is 4. The van der Waals surface area contributed by atoms with Crippen LogP contribution in [0.25, 0.3) is 0 Å². The van der Waals surface area contributed by atoms with Crippen LogP contribution in [0.1, 0.15) is 56.0 Å². The van der Waals surface area contributed by atoms with Crippen LogP contribution in [0.4, 0.5) is 14.5 Å². The van der Waals surface area contributed by atoms with E-state index in [4.69, 9.17) is 33.7 Å². The van der Waals surface area contributed by atoms with Gasteiger partial charge in [0.25, 0.3) is 0 Å². The quantitative estimate of drug-likeness (QED) is 0.121. The van der Waals surface area contributed by atoms with Gasteiger partial charge in [-0.05, 0) is 79.8 Å². The summed E-state index contributed by atoms with van der Waals surface area (Å²) in [5.74, 6) is 4.09. The first-order valence-corrected chi connectivity index (χ1v) is 13.8. The van der Waals surface area contributed by atoms with Crippen molar-refractivity contribution in [1.82, 2.24) is 5.32 Å². The number of benzene rings is 3. The van der Waals surface area contributed by atoms with Crippen LogP contribution in [0.5, 0.6) is 5.75 Å². The normalized spacial score (nSPS) is 11.6. The van der Waals surface area contributed by atoms with Crippen LogP contribution in [0.15, 0.2) is 60.7 Å². The van der Waals surface area contributed by atoms with E-state index in [1.54, 1.807) is 56.4 Å². The molecule has 2 atom stereocenters. The minimum atomic E-state index is -0.413. The van der Waals surface area contributed by atoms with Gasteiger partial charge in [0.1, 0.15) is 17.4 Å². The highest BCUT2D eigenvalue weighted by Crippen LogP contribution is 2.36. The average molecular weight is 617 g/mol. The van der Waals surface area contributed by atoms with Crippen LogP contribution in [-0.2, 0) is 0 Å². The number of anilines is 1. The number of likely N-dealkylation sites (N-methyl/N-ethyl adjacent to an activating group) is 1. The van der Waals surface area contributed by atoms with Crippen molar-refractivity contribution in [1.29, 1.82) is 5.26 Å². The van der Waals surface area contributed by atoms with E-state index >= 15 is 0 Å². The molecule has 0 saturated heterocycles. The number of carbonyl (C=O) groups is 1. The predicted octanol–water partition coefficient (Wildman–Crippen LogP) is 8.32. The van der Waals surface area contributed by atoms with Gasteiger partial charge < -0.3 is 15.8 Å². The van der Waals surface area contributed by atoms with Crippen molar-refractivity contribution < 1.29 is 18.3 Å². The molecule has 5 nitrogen and oxygen atoms in total. The Labute approximate surface area is 258 Å². The Balaban J connectivity index is 0.000000345. The Hall–Kier alpha value is -3.62. The number of nitrogen functional groups attached to an aromatic ring is 1. The molecule has 0 aliphatic heterocycles. The number of carbonyl (C=O) groups excluding carboxylic acids is 1. The lowest BCUT2D eigenvalue weighted by Crippen LogP contribution is -2.27. The first-order chi connectivity index (χ1) is 19.8. The average Bonchev–Trinajstić information content (AvgIpc) is 2.93. The highest BCUT2D eigenvalue weighted by atomic mass is 35.5. The fourth-order valence-electron chi connectivity index (χ4n) is 3.93. The van der Waals surface area contributed by atoms with Gasteiger partial charge >= 0.3 is 0 Å². The van der Waals surface area contributed by atoms with Gasteiger partial charge in [-0.25, -0.2) is 8.78 Å². The molecule has 0 spiro atoms. The summed E-state index contributed by atoms with van der Waals surface area (Å²) in [6, 6.07) is 18.0. The summed E-state index contributed by atoms with van der Waals surface area (Å²) in [5, 5.41) is 13.1. The smallest absolute Gasteiger partial charge is 0.236 e. The largest absolute Gasteiger partial charge is 0.495 e. The molecule has 0 aliphatic rings. The summed E-state index contributed by atoms with van der Waals surface area (Å²) in [7, 11) is 3.31. The molecule has 0 amide bonds. The molecule has 0 aliphatic carbocycles. The summed E-state index contributed by atoms with van der Waals surface area (Å²) >= 11 is 11.3. The molecule has 3 aromatic carbocycles. The summed E-state index contributed by atoms with van der Waals surface area (Å²) in [4.78, 5) is 11.4. The Morgan fingerprint density at radius 3 is 2.26 bits per heavy atom. The third-order valence-electron chi connectivity index (χ3n) is 5.81. The number of Topliss-reactive ketones (excluding diaryl/α,β-unsaturated/α-hetero) is 1. The van der Waals surface area contributed by atoms with Crippen LogP contribution in [0.2, 0.25) is 10.0 Å². The number of ketones is 1. The van der Waals surface area contributed by atoms with Crippen molar-refractivity contribution in [3.8, 4) is 23.7 Å². The predicted molar refractivity (Wildman–Crippen MR) is 168 cm³/mol. The van der Waals surface area contributed by atoms with Crippen molar-refractivity contribution in [2.75, 3.05) is 26.4 Å². The maximum atomic E-state index is 14.2. The summed E-state index contributed by atoms with van der Waals surface area (Å²) in [6.45, 7) is 8.42. The van der Waals surface area contributed by atoms with Crippen molar-refractivity contribution in [2.45, 2.75) is 40.0 Å². The topological polar surface area (TPSA) is 88.1 Å². The van der Waals surface area contributed by atoms with Crippen molar-refractivity contribution in [2.24, 2.45) is 11.3 Å². The number of nitrogens with one attached hydrogen (secondary N) is 1. The third-order valence-corrected chi connectivity index (χ3v) is 6.34. The monoisotopic (exact) mass is 615 g/mol. The van der Waals surface area contributed by atoms with E-state index in [1.807, 2.05) is 0 Å². The Bertz CT molecular complexity index is 1410. The Morgan fingerprint density at radius 2 is 1.76 bits per heavy atom. The zero-order chi connectivity index (χ0) is 31.9. The van der Waals surface area contributed by atoms with E-state index in [1.165, 1.54) is 25.3 Å². The molecule has 0 saturated carbocycles. The molecule has 0 fully saturated rings. The van der Waals surface area contributed by atoms with Gasteiger partial charge in [-0.15, -0.1) is 0 Å². The molecule has 3 rings (SSSR count). The number of hydrogen-bond acceptors (Lipinski definition) is 5. The first kappa shape index (κ1) is 36.4. The lowest BCUT2D eigenvalue weighted by molar-refractivity contribution is 0.105. The highest BCUT2D eigenvalue weighted by molar-refractivity contribution is 6.31. The second-order valence-electron chi connectivity index (χ2n) is 10.4. The molecule has 2 unspecified atom stereocenters. The van der Waals surface area contributed by atoms with Gasteiger partial charge in [0.05, 0.1) is 29.8 Å². The molecular formula is C33H37Cl2F2N3O2. The summed E-state index contributed by atoms with van der Waals surface area (Å²) < 4.78 is 31.3. The number of rotatable bonds is 7. The SMILES string of the molecule is CC#CC(=O)c1ccc(N)c(OC)c1.CNCC(c1cccc(Cl)c1F)C(C#N)CC(C)(C)C.Fc1cccc(Cl)c1. The molecule has 0 heterocycles. The number of methoxy groups -OCH3 is 1. The van der Waals surface area contributed by atoms with Gasteiger partial charge in [-0.3, -0.25) is 4.79 Å². The van der Waals surface area contributed by atoms with E-state index < -0.39 is 5.82 Å². The van der Waals surface area contributed by atoms with Crippen LogP contribution in [0.3, 0.4) is 0 Å². The zero-order valence-corrected chi connectivity index (χ0v) is 26.2.